The number of hydrogen-bond donors (Lipinski definition) is 0. The second-order valence-electron chi connectivity index (χ2n) is 19.0. The first-order valence-electron chi connectivity index (χ1n) is 25.9. The highest BCUT2D eigenvalue weighted by atomic mass is 15.2. The Morgan fingerprint density at radius 2 is 0.355 bits per heavy atom. The monoisotopic (exact) mass is 972 g/mol. The zero-order chi connectivity index (χ0) is 50.6. The maximum Gasteiger partial charge on any atom is 0.0540 e. The van der Waals surface area contributed by atoms with Crippen molar-refractivity contribution in [2.24, 2.45) is 0 Å². The minimum Gasteiger partial charge on any atom is -0.311 e. The van der Waals surface area contributed by atoms with Crippen LogP contribution in [0.2, 0.25) is 0 Å². The number of benzene rings is 13. The van der Waals surface area contributed by atoms with E-state index in [-0.39, 0.29) is 0 Å². The van der Waals surface area contributed by atoms with Gasteiger partial charge in [0.2, 0.25) is 0 Å². The number of para-hydroxylation sites is 3. The molecule has 13 aromatic rings. The average molecular weight is 973 g/mol. The molecule has 13 rings (SSSR count). The van der Waals surface area contributed by atoms with E-state index in [9.17, 15) is 0 Å². The molecule has 0 fully saturated rings. The summed E-state index contributed by atoms with van der Waals surface area (Å²) in [6.07, 6.45) is 0. The van der Waals surface area contributed by atoms with Crippen molar-refractivity contribution in [1.29, 1.82) is 0 Å². The Hall–Kier alpha value is -10.2. The van der Waals surface area contributed by atoms with E-state index < -0.39 is 0 Å². The molecule has 0 aliphatic heterocycles. The first kappa shape index (κ1) is 45.7. The van der Waals surface area contributed by atoms with E-state index >= 15 is 0 Å². The van der Waals surface area contributed by atoms with Crippen LogP contribution in [-0.2, 0) is 0 Å². The molecular formula is C72H52N4. The van der Waals surface area contributed by atoms with E-state index in [0.29, 0.717) is 0 Å². The van der Waals surface area contributed by atoms with Gasteiger partial charge in [-0.25, -0.2) is 0 Å². The molecule has 0 aromatic heterocycles. The third-order valence-electron chi connectivity index (χ3n) is 14.4. The standard InChI is InChI=1S/C72H52N4/c1-4-25-58(26-5-1)74(70-34-16-22-55-19-10-13-31-67(55)70)64-43-39-54(40-44-64)53-37-41-61(42-38-53)73(62-45-49-65(50-46-62)75(59-27-6-2-7-28-59)71-35-17-23-56-20-11-14-32-68(56)71)63-47-51-66(52-48-63)76(60-29-8-3-9-30-60)72-36-18-24-57-21-12-15-33-69(57)72/h1-52H. The quantitative estimate of drug-likeness (QED) is 0.114. The Morgan fingerprint density at radius 1 is 0.145 bits per heavy atom. The fraction of sp³-hybridized carbons (Fsp3) is 0. The highest BCUT2D eigenvalue weighted by Crippen LogP contribution is 2.45. The van der Waals surface area contributed by atoms with Crippen molar-refractivity contribution in [2.45, 2.75) is 0 Å². The van der Waals surface area contributed by atoms with E-state index in [1.165, 1.54) is 32.3 Å². The maximum atomic E-state index is 2.36. The third-order valence-corrected chi connectivity index (χ3v) is 14.4. The minimum atomic E-state index is 1.04. The van der Waals surface area contributed by atoms with Crippen LogP contribution >= 0.6 is 0 Å². The van der Waals surface area contributed by atoms with Crippen LogP contribution in [0.5, 0.6) is 0 Å². The van der Waals surface area contributed by atoms with Crippen molar-refractivity contribution >= 4 is 101 Å². The van der Waals surface area contributed by atoms with Gasteiger partial charge in [0, 0.05) is 67.3 Å². The molecule has 0 bridgehead atoms. The summed E-state index contributed by atoms with van der Waals surface area (Å²) in [5.41, 5.74) is 15.4. The fourth-order valence-corrected chi connectivity index (χ4v) is 10.8. The summed E-state index contributed by atoms with van der Waals surface area (Å²) in [5.74, 6) is 0. The summed E-state index contributed by atoms with van der Waals surface area (Å²) in [5, 5.41) is 7.21. The van der Waals surface area contributed by atoms with Gasteiger partial charge in [-0.1, -0.05) is 188 Å². The molecule has 0 unspecified atom stereocenters. The normalized spacial score (nSPS) is 11.2. The number of anilines is 12. The Balaban J connectivity index is 0.886. The van der Waals surface area contributed by atoms with Crippen molar-refractivity contribution in [3.8, 4) is 11.1 Å². The number of rotatable bonds is 13. The molecule has 4 heteroatoms. The van der Waals surface area contributed by atoms with Crippen LogP contribution in [0.25, 0.3) is 43.4 Å². The molecule has 0 heterocycles. The number of nitrogens with zero attached hydrogens (tertiary/aromatic N) is 4. The zero-order valence-corrected chi connectivity index (χ0v) is 41.8. The molecule has 13 aromatic carbocycles. The average Bonchev–Trinajstić information content (AvgIpc) is 3.52. The molecule has 0 N–H and O–H groups in total. The van der Waals surface area contributed by atoms with Crippen molar-refractivity contribution < 1.29 is 0 Å². The van der Waals surface area contributed by atoms with Gasteiger partial charge in [-0.3, -0.25) is 0 Å². The highest BCUT2D eigenvalue weighted by Gasteiger charge is 2.21. The van der Waals surface area contributed by atoms with E-state index in [4.69, 9.17) is 0 Å². The van der Waals surface area contributed by atoms with Gasteiger partial charge < -0.3 is 19.6 Å². The van der Waals surface area contributed by atoms with Gasteiger partial charge in [-0.05, 0) is 155 Å². The SMILES string of the molecule is c1ccc(N(c2ccc(-c3ccc(N(c4ccc(N(c5ccccc5)c5cccc6ccccc56)cc4)c4ccc(N(c5ccccc5)c5cccc6ccccc56)cc4)cc3)cc2)c2cccc3ccccc23)cc1. The van der Waals surface area contributed by atoms with Crippen molar-refractivity contribution in [1.82, 2.24) is 0 Å². The predicted molar refractivity (Wildman–Crippen MR) is 323 cm³/mol. The van der Waals surface area contributed by atoms with Crippen LogP contribution < -0.4 is 19.6 Å². The maximum absolute atomic E-state index is 2.36. The minimum absolute atomic E-state index is 1.04. The van der Waals surface area contributed by atoms with Crippen LogP contribution in [0, 0.1) is 0 Å². The van der Waals surface area contributed by atoms with Crippen molar-refractivity contribution in [2.75, 3.05) is 19.6 Å². The van der Waals surface area contributed by atoms with Crippen LogP contribution in [-0.4, -0.2) is 0 Å². The lowest BCUT2D eigenvalue weighted by molar-refractivity contribution is 1.25. The molecule has 76 heavy (non-hydrogen) atoms. The number of fused-ring (bicyclic) bond motifs is 3. The molecule has 0 saturated heterocycles. The predicted octanol–water partition coefficient (Wildman–Crippen LogP) is 20.7. The molecule has 0 radical (unpaired) electrons. The van der Waals surface area contributed by atoms with Gasteiger partial charge in [0.25, 0.3) is 0 Å². The Labute approximate surface area is 444 Å². The van der Waals surface area contributed by atoms with Gasteiger partial charge in [0.1, 0.15) is 0 Å². The molecule has 0 saturated carbocycles. The first-order valence-corrected chi connectivity index (χ1v) is 25.9. The first-order chi connectivity index (χ1) is 37.7. The van der Waals surface area contributed by atoms with Crippen molar-refractivity contribution in [3.63, 3.8) is 0 Å². The van der Waals surface area contributed by atoms with Gasteiger partial charge in [-0.15, -0.1) is 0 Å². The Kier molecular flexibility index (Phi) is 12.3. The highest BCUT2D eigenvalue weighted by molar-refractivity contribution is 6.01. The summed E-state index contributed by atoms with van der Waals surface area (Å²) >= 11 is 0. The van der Waals surface area contributed by atoms with E-state index in [2.05, 4.69) is 335 Å². The van der Waals surface area contributed by atoms with Crippen LogP contribution in [0.1, 0.15) is 0 Å². The van der Waals surface area contributed by atoms with Crippen LogP contribution in [0.4, 0.5) is 68.2 Å². The third kappa shape index (κ3) is 8.84. The van der Waals surface area contributed by atoms with Gasteiger partial charge in [0.15, 0.2) is 0 Å². The van der Waals surface area contributed by atoms with E-state index in [1.54, 1.807) is 0 Å². The summed E-state index contributed by atoms with van der Waals surface area (Å²) in [6, 6.07) is 113. The molecule has 0 aliphatic carbocycles. The van der Waals surface area contributed by atoms with E-state index in [0.717, 1.165) is 79.4 Å². The Morgan fingerprint density at radius 3 is 0.645 bits per heavy atom. The fourth-order valence-electron chi connectivity index (χ4n) is 10.8. The van der Waals surface area contributed by atoms with Gasteiger partial charge >= 0.3 is 0 Å². The topological polar surface area (TPSA) is 13.0 Å². The van der Waals surface area contributed by atoms with Gasteiger partial charge in [0.05, 0.1) is 17.1 Å². The smallest absolute Gasteiger partial charge is 0.0540 e. The lowest BCUT2D eigenvalue weighted by atomic mass is 10.0. The second kappa shape index (κ2) is 20.4. The molecular weight excluding hydrogens is 921 g/mol. The Bertz CT molecular complexity index is 3910. The summed E-state index contributed by atoms with van der Waals surface area (Å²) in [7, 11) is 0. The lowest BCUT2D eigenvalue weighted by Gasteiger charge is -2.30. The van der Waals surface area contributed by atoms with Gasteiger partial charge in [-0.2, -0.15) is 0 Å². The van der Waals surface area contributed by atoms with Crippen LogP contribution in [0.3, 0.4) is 0 Å². The molecule has 360 valence electrons. The van der Waals surface area contributed by atoms with Crippen LogP contribution in [0.15, 0.2) is 315 Å². The zero-order valence-electron chi connectivity index (χ0n) is 41.8. The van der Waals surface area contributed by atoms with Crippen molar-refractivity contribution in [3.05, 3.63) is 315 Å². The summed E-state index contributed by atoms with van der Waals surface area (Å²) in [4.78, 5) is 9.43. The second-order valence-corrected chi connectivity index (χ2v) is 19.0. The van der Waals surface area contributed by atoms with E-state index in [1.807, 2.05) is 0 Å². The lowest BCUT2D eigenvalue weighted by Crippen LogP contribution is -2.13. The number of hydrogen-bond acceptors (Lipinski definition) is 4. The molecule has 0 spiro atoms. The molecule has 4 nitrogen and oxygen atoms in total. The molecule has 0 atom stereocenters. The largest absolute Gasteiger partial charge is 0.311 e. The summed E-state index contributed by atoms with van der Waals surface area (Å²) in [6.45, 7) is 0. The molecule has 0 amide bonds. The summed E-state index contributed by atoms with van der Waals surface area (Å²) < 4.78 is 0. The molecule has 0 aliphatic rings.